The molecule has 18 heavy (non-hydrogen) atoms. The first-order chi connectivity index (χ1) is 8.50. The highest BCUT2D eigenvalue weighted by Crippen LogP contribution is 2.22. The quantitative estimate of drug-likeness (QED) is 0.561. The Morgan fingerprint density at radius 3 is 2.61 bits per heavy atom. The zero-order chi connectivity index (χ0) is 13.5. The van der Waals surface area contributed by atoms with Crippen molar-refractivity contribution < 1.29 is 14.3 Å². The van der Waals surface area contributed by atoms with E-state index in [-0.39, 0.29) is 5.78 Å². The summed E-state index contributed by atoms with van der Waals surface area (Å²) in [6.07, 6.45) is 0. The Kier molecular flexibility index (Phi) is 6.16. The number of rotatable bonds is 7. The van der Waals surface area contributed by atoms with Crippen LogP contribution < -0.4 is 4.74 Å². The first-order valence-electron chi connectivity index (χ1n) is 6.01. The van der Waals surface area contributed by atoms with Gasteiger partial charge in [0.15, 0.2) is 5.78 Å². The fourth-order valence-electron chi connectivity index (χ4n) is 1.41. The number of carbonyl (C=O) groups is 1. The van der Waals surface area contributed by atoms with E-state index < -0.39 is 0 Å². The molecule has 0 saturated heterocycles. The molecule has 0 N–H and O–H groups in total. The second kappa shape index (κ2) is 7.39. The highest BCUT2D eigenvalue weighted by Gasteiger charge is 2.06. The standard InChI is InChI=1S/C14H19ClO3/c1-10(2)9-17-6-7-18-12-4-5-13(11(3)16)14(15)8-12/h4-5,8,10H,6-7,9H2,1-3H3. The maximum atomic E-state index is 11.2. The van der Waals surface area contributed by atoms with E-state index in [1.807, 2.05) is 0 Å². The molecule has 0 radical (unpaired) electrons. The van der Waals surface area contributed by atoms with Gasteiger partial charge in [-0.05, 0) is 31.0 Å². The zero-order valence-corrected chi connectivity index (χ0v) is 11.8. The molecule has 0 unspecified atom stereocenters. The van der Waals surface area contributed by atoms with Gasteiger partial charge in [0.25, 0.3) is 0 Å². The molecule has 0 amide bonds. The van der Waals surface area contributed by atoms with Gasteiger partial charge in [-0.1, -0.05) is 25.4 Å². The molecule has 100 valence electrons. The average molecular weight is 271 g/mol. The number of benzene rings is 1. The number of Topliss-reactive ketones (excluding diaryl/α,β-unsaturated/α-hetero) is 1. The van der Waals surface area contributed by atoms with Gasteiger partial charge < -0.3 is 9.47 Å². The summed E-state index contributed by atoms with van der Waals surface area (Å²) in [5, 5.41) is 0.420. The lowest BCUT2D eigenvalue weighted by Gasteiger charge is -2.09. The fraction of sp³-hybridized carbons (Fsp3) is 0.500. The van der Waals surface area contributed by atoms with Crippen LogP contribution in [0.15, 0.2) is 18.2 Å². The van der Waals surface area contributed by atoms with Gasteiger partial charge >= 0.3 is 0 Å². The topological polar surface area (TPSA) is 35.5 Å². The van der Waals surface area contributed by atoms with Crippen LogP contribution in [0, 0.1) is 5.92 Å². The number of halogens is 1. The van der Waals surface area contributed by atoms with Gasteiger partial charge in [0, 0.05) is 12.2 Å². The van der Waals surface area contributed by atoms with Crippen LogP contribution in [-0.4, -0.2) is 25.6 Å². The van der Waals surface area contributed by atoms with Gasteiger partial charge in [0.2, 0.25) is 0 Å². The Labute approximate surface area is 113 Å². The largest absolute Gasteiger partial charge is 0.491 e. The summed E-state index contributed by atoms with van der Waals surface area (Å²) in [5.74, 6) is 1.12. The van der Waals surface area contributed by atoms with Crippen LogP contribution in [0.2, 0.25) is 5.02 Å². The third kappa shape index (κ3) is 5.07. The highest BCUT2D eigenvalue weighted by atomic mass is 35.5. The number of ketones is 1. The molecule has 0 atom stereocenters. The predicted molar refractivity (Wildman–Crippen MR) is 72.6 cm³/mol. The summed E-state index contributed by atoms with van der Waals surface area (Å²) in [7, 11) is 0. The maximum Gasteiger partial charge on any atom is 0.161 e. The highest BCUT2D eigenvalue weighted by molar-refractivity contribution is 6.34. The molecule has 3 nitrogen and oxygen atoms in total. The Hall–Kier alpha value is -1.06. The molecule has 0 aliphatic rings. The second-order valence-electron chi connectivity index (χ2n) is 4.52. The first-order valence-corrected chi connectivity index (χ1v) is 6.39. The maximum absolute atomic E-state index is 11.2. The molecule has 0 heterocycles. The average Bonchev–Trinajstić information content (AvgIpc) is 2.27. The smallest absolute Gasteiger partial charge is 0.161 e. The number of hydrogen-bond donors (Lipinski definition) is 0. The fourth-order valence-corrected chi connectivity index (χ4v) is 1.71. The van der Waals surface area contributed by atoms with Gasteiger partial charge in [-0.2, -0.15) is 0 Å². The zero-order valence-electron chi connectivity index (χ0n) is 11.0. The van der Waals surface area contributed by atoms with Gasteiger partial charge in [0.1, 0.15) is 12.4 Å². The molecule has 1 aromatic rings. The third-order valence-electron chi connectivity index (χ3n) is 2.27. The minimum Gasteiger partial charge on any atom is -0.491 e. The van der Waals surface area contributed by atoms with E-state index in [1.165, 1.54) is 6.92 Å². The van der Waals surface area contributed by atoms with Crippen molar-refractivity contribution in [3.8, 4) is 5.75 Å². The molecule has 0 fully saturated rings. The molecule has 0 saturated carbocycles. The van der Waals surface area contributed by atoms with Gasteiger partial charge in [0.05, 0.1) is 11.6 Å². The number of hydrogen-bond acceptors (Lipinski definition) is 3. The summed E-state index contributed by atoms with van der Waals surface area (Å²) in [6, 6.07) is 5.07. The lowest BCUT2D eigenvalue weighted by atomic mass is 10.1. The minimum atomic E-state index is -0.0492. The third-order valence-corrected chi connectivity index (χ3v) is 2.58. The molecule has 1 aromatic carbocycles. The van der Waals surface area contributed by atoms with E-state index in [2.05, 4.69) is 13.8 Å². The van der Waals surface area contributed by atoms with E-state index >= 15 is 0 Å². The predicted octanol–water partition coefficient (Wildman–Crippen LogP) is 3.59. The summed E-state index contributed by atoms with van der Waals surface area (Å²) in [4.78, 5) is 11.2. The second-order valence-corrected chi connectivity index (χ2v) is 4.92. The van der Waals surface area contributed by atoms with Crippen molar-refractivity contribution in [3.63, 3.8) is 0 Å². The monoisotopic (exact) mass is 270 g/mol. The van der Waals surface area contributed by atoms with Crippen molar-refractivity contribution in [1.82, 2.24) is 0 Å². The minimum absolute atomic E-state index is 0.0492. The summed E-state index contributed by atoms with van der Waals surface area (Å²) < 4.78 is 10.9. The van der Waals surface area contributed by atoms with Crippen molar-refractivity contribution in [2.75, 3.05) is 19.8 Å². The number of carbonyl (C=O) groups excluding carboxylic acids is 1. The van der Waals surface area contributed by atoms with Crippen LogP contribution >= 0.6 is 11.6 Å². The number of ether oxygens (including phenoxy) is 2. The normalized spacial score (nSPS) is 10.7. The van der Waals surface area contributed by atoms with Crippen LogP contribution in [-0.2, 0) is 4.74 Å². The summed E-state index contributed by atoms with van der Waals surface area (Å²) in [6.45, 7) is 7.43. The molecule has 0 aromatic heterocycles. The molecule has 0 aliphatic carbocycles. The first kappa shape index (κ1) is 15.0. The van der Waals surface area contributed by atoms with Crippen molar-refractivity contribution in [2.45, 2.75) is 20.8 Å². The Morgan fingerprint density at radius 1 is 1.33 bits per heavy atom. The SMILES string of the molecule is CC(=O)c1ccc(OCCOCC(C)C)cc1Cl. The van der Waals surface area contributed by atoms with Crippen molar-refractivity contribution in [2.24, 2.45) is 5.92 Å². The lowest BCUT2D eigenvalue weighted by molar-refractivity contribution is 0.0819. The Bertz CT molecular complexity index is 402. The van der Waals surface area contributed by atoms with E-state index in [0.717, 1.165) is 6.61 Å². The van der Waals surface area contributed by atoms with Crippen molar-refractivity contribution in [1.29, 1.82) is 0 Å². The van der Waals surface area contributed by atoms with E-state index in [9.17, 15) is 4.79 Å². The van der Waals surface area contributed by atoms with Crippen molar-refractivity contribution in [3.05, 3.63) is 28.8 Å². The molecular formula is C14H19ClO3. The molecule has 1 rings (SSSR count). The van der Waals surface area contributed by atoms with Gasteiger partial charge in [-0.3, -0.25) is 4.79 Å². The molecule has 0 bridgehead atoms. The Morgan fingerprint density at radius 2 is 2.06 bits per heavy atom. The van der Waals surface area contributed by atoms with Crippen LogP contribution in [0.4, 0.5) is 0 Å². The van der Waals surface area contributed by atoms with Crippen LogP contribution in [0.25, 0.3) is 0 Å². The molecule has 0 aliphatic heterocycles. The van der Waals surface area contributed by atoms with Gasteiger partial charge in [-0.25, -0.2) is 0 Å². The van der Waals surface area contributed by atoms with E-state index in [1.54, 1.807) is 18.2 Å². The van der Waals surface area contributed by atoms with Gasteiger partial charge in [-0.15, -0.1) is 0 Å². The van der Waals surface area contributed by atoms with Crippen LogP contribution in [0.5, 0.6) is 5.75 Å². The van der Waals surface area contributed by atoms with Crippen LogP contribution in [0.1, 0.15) is 31.1 Å². The lowest BCUT2D eigenvalue weighted by Crippen LogP contribution is -2.10. The van der Waals surface area contributed by atoms with E-state index in [0.29, 0.717) is 35.5 Å². The molecular weight excluding hydrogens is 252 g/mol. The van der Waals surface area contributed by atoms with Crippen LogP contribution in [0.3, 0.4) is 0 Å². The van der Waals surface area contributed by atoms with E-state index in [4.69, 9.17) is 21.1 Å². The Balaban J connectivity index is 2.39. The molecule has 0 spiro atoms. The summed E-state index contributed by atoms with van der Waals surface area (Å²) >= 11 is 5.97. The summed E-state index contributed by atoms with van der Waals surface area (Å²) in [5.41, 5.74) is 0.514. The van der Waals surface area contributed by atoms with Crippen molar-refractivity contribution >= 4 is 17.4 Å². The molecule has 4 heteroatoms.